The van der Waals surface area contributed by atoms with Crippen LogP contribution in [0.2, 0.25) is 0 Å². The largest absolute Gasteiger partial charge is 0.465 e. The van der Waals surface area contributed by atoms with Crippen molar-refractivity contribution in [1.82, 2.24) is 0 Å². The molecule has 4 heteroatoms. The van der Waals surface area contributed by atoms with E-state index in [1.54, 1.807) is 6.07 Å². The van der Waals surface area contributed by atoms with Gasteiger partial charge in [-0.2, -0.15) is 0 Å². The smallest absolute Gasteiger partial charge is 0.340 e. The van der Waals surface area contributed by atoms with E-state index in [2.05, 4.69) is 19.2 Å². The van der Waals surface area contributed by atoms with Gasteiger partial charge in [0.15, 0.2) is 0 Å². The highest BCUT2D eigenvalue weighted by Gasteiger charge is 2.25. The summed E-state index contributed by atoms with van der Waals surface area (Å²) in [7, 11) is 1.39. The van der Waals surface area contributed by atoms with Crippen molar-refractivity contribution < 1.29 is 9.53 Å². The summed E-state index contributed by atoms with van der Waals surface area (Å²) in [5.74, 6) is 1.08. The number of ether oxygens (including phenoxy) is 1. The number of methoxy groups -OCH3 is 1. The summed E-state index contributed by atoms with van der Waals surface area (Å²) in [6.07, 6.45) is 3.55. The van der Waals surface area contributed by atoms with Gasteiger partial charge in [-0.25, -0.2) is 4.79 Å². The predicted octanol–water partition coefficient (Wildman–Crippen LogP) is 3.29. The minimum absolute atomic E-state index is 0.350. The van der Waals surface area contributed by atoms with E-state index in [0.717, 1.165) is 18.5 Å². The molecule has 1 aromatic rings. The highest BCUT2D eigenvalue weighted by Crippen LogP contribution is 2.31. The summed E-state index contributed by atoms with van der Waals surface area (Å²) < 4.78 is 4.83. The summed E-state index contributed by atoms with van der Waals surface area (Å²) >= 11 is 0. The maximum atomic E-state index is 11.8. The number of nitrogens with two attached hydrogens (primary N) is 1. The van der Waals surface area contributed by atoms with E-state index in [9.17, 15) is 4.79 Å². The third-order valence-electron chi connectivity index (χ3n) is 3.99. The Kier molecular flexibility index (Phi) is 4.53. The van der Waals surface area contributed by atoms with E-state index in [1.165, 1.54) is 13.5 Å². The third kappa shape index (κ3) is 3.44. The molecule has 2 rings (SSSR count). The average molecular weight is 276 g/mol. The second-order valence-corrected chi connectivity index (χ2v) is 6.06. The van der Waals surface area contributed by atoms with Crippen molar-refractivity contribution in [3.63, 3.8) is 0 Å². The number of hydrogen-bond donors (Lipinski definition) is 2. The van der Waals surface area contributed by atoms with Gasteiger partial charge in [-0.15, -0.1) is 0 Å². The topological polar surface area (TPSA) is 64.3 Å². The number of esters is 1. The molecule has 0 bridgehead atoms. The number of hydrogen-bond acceptors (Lipinski definition) is 4. The third-order valence-corrected chi connectivity index (χ3v) is 3.99. The standard InChI is InChI=1S/C16H24N2O2/c1-10-6-11(2)8-13(7-10)18-15-5-4-12(17)9-14(15)16(19)20-3/h4-5,9-11,13,18H,6-8,17H2,1-3H3. The fourth-order valence-corrected chi connectivity index (χ4v) is 3.25. The van der Waals surface area contributed by atoms with Gasteiger partial charge in [-0.05, 0) is 49.3 Å². The Morgan fingerprint density at radius 1 is 1.25 bits per heavy atom. The van der Waals surface area contributed by atoms with Gasteiger partial charge in [0.2, 0.25) is 0 Å². The van der Waals surface area contributed by atoms with Gasteiger partial charge in [0.05, 0.1) is 12.7 Å². The molecule has 0 spiro atoms. The number of nitrogens with one attached hydrogen (secondary N) is 1. The Morgan fingerprint density at radius 2 is 1.90 bits per heavy atom. The number of carbonyl (C=O) groups is 1. The highest BCUT2D eigenvalue weighted by molar-refractivity contribution is 5.96. The summed E-state index contributed by atoms with van der Waals surface area (Å²) in [6, 6.07) is 5.75. The first-order chi connectivity index (χ1) is 9.49. The number of benzene rings is 1. The summed E-state index contributed by atoms with van der Waals surface area (Å²) in [4.78, 5) is 11.8. The second-order valence-electron chi connectivity index (χ2n) is 6.06. The van der Waals surface area contributed by atoms with Crippen LogP contribution in [0, 0.1) is 11.8 Å². The zero-order valence-electron chi connectivity index (χ0n) is 12.5. The Bertz CT molecular complexity index is 477. The molecule has 110 valence electrons. The number of nitrogen functional groups attached to an aromatic ring is 1. The quantitative estimate of drug-likeness (QED) is 0.657. The van der Waals surface area contributed by atoms with Crippen LogP contribution in [0.5, 0.6) is 0 Å². The molecule has 0 aromatic heterocycles. The van der Waals surface area contributed by atoms with Crippen LogP contribution in [0.25, 0.3) is 0 Å². The first kappa shape index (κ1) is 14.7. The van der Waals surface area contributed by atoms with E-state index in [0.29, 0.717) is 29.1 Å². The summed E-state index contributed by atoms with van der Waals surface area (Å²) in [6.45, 7) is 4.57. The summed E-state index contributed by atoms with van der Waals surface area (Å²) in [5, 5.41) is 3.50. The second kappa shape index (κ2) is 6.16. The molecule has 1 aromatic carbocycles. The molecule has 1 aliphatic carbocycles. The number of anilines is 2. The lowest BCUT2D eigenvalue weighted by atomic mass is 9.80. The Morgan fingerprint density at radius 3 is 2.50 bits per heavy atom. The van der Waals surface area contributed by atoms with Crippen LogP contribution in [0.1, 0.15) is 43.5 Å². The van der Waals surface area contributed by atoms with E-state index in [1.807, 2.05) is 12.1 Å². The lowest BCUT2D eigenvalue weighted by molar-refractivity contribution is 0.0602. The molecule has 0 aliphatic heterocycles. The first-order valence-corrected chi connectivity index (χ1v) is 7.24. The number of rotatable bonds is 3. The molecule has 20 heavy (non-hydrogen) atoms. The van der Waals surface area contributed by atoms with Crippen LogP contribution in [0.3, 0.4) is 0 Å². The molecule has 0 radical (unpaired) electrons. The van der Waals surface area contributed by atoms with Gasteiger partial charge in [-0.3, -0.25) is 0 Å². The van der Waals surface area contributed by atoms with Crippen LogP contribution in [-0.2, 0) is 4.74 Å². The monoisotopic (exact) mass is 276 g/mol. The molecule has 0 heterocycles. The lowest BCUT2D eigenvalue weighted by Crippen LogP contribution is -2.30. The maximum Gasteiger partial charge on any atom is 0.340 e. The van der Waals surface area contributed by atoms with Crippen molar-refractivity contribution in [2.75, 3.05) is 18.2 Å². The average Bonchev–Trinajstić information content (AvgIpc) is 2.38. The van der Waals surface area contributed by atoms with Crippen molar-refractivity contribution >= 4 is 17.3 Å². The first-order valence-electron chi connectivity index (χ1n) is 7.24. The Hall–Kier alpha value is -1.71. The molecule has 2 unspecified atom stereocenters. The van der Waals surface area contributed by atoms with Gasteiger partial charge in [0.1, 0.15) is 0 Å². The fourth-order valence-electron chi connectivity index (χ4n) is 3.25. The molecular weight excluding hydrogens is 252 g/mol. The fraction of sp³-hybridized carbons (Fsp3) is 0.562. The Balaban J connectivity index is 2.18. The highest BCUT2D eigenvalue weighted by atomic mass is 16.5. The predicted molar refractivity (Wildman–Crippen MR) is 81.8 cm³/mol. The van der Waals surface area contributed by atoms with Gasteiger partial charge >= 0.3 is 5.97 Å². The minimum atomic E-state index is -0.350. The SMILES string of the molecule is COC(=O)c1cc(N)ccc1NC1CC(C)CC(C)C1. The van der Waals surface area contributed by atoms with E-state index < -0.39 is 0 Å². The van der Waals surface area contributed by atoms with Gasteiger partial charge < -0.3 is 15.8 Å². The Labute approximate surface area is 120 Å². The van der Waals surface area contributed by atoms with E-state index in [4.69, 9.17) is 10.5 Å². The maximum absolute atomic E-state index is 11.8. The molecular formula is C16H24N2O2. The van der Waals surface area contributed by atoms with Gasteiger partial charge in [0, 0.05) is 17.4 Å². The molecule has 0 amide bonds. The van der Waals surface area contributed by atoms with Crippen molar-refractivity contribution in [3.8, 4) is 0 Å². The lowest BCUT2D eigenvalue weighted by Gasteiger charge is -2.33. The molecule has 3 N–H and O–H groups in total. The van der Waals surface area contributed by atoms with Crippen LogP contribution < -0.4 is 11.1 Å². The normalized spacial score (nSPS) is 26.1. The van der Waals surface area contributed by atoms with Crippen molar-refractivity contribution in [2.45, 2.75) is 39.2 Å². The van der Waals surface area contributed by atoms with Crippen molar-refractivity contribution in [1.29, 1.82) is 0 Å². The van der Waals surface area contributed by atoms with E-state index >= 15 is 0 Å². The molecule has 2 atom stereocenters. The molecule has 1 saturated carbocycles. The van der Waals surface area contributed by atoms with Crippen LogP contribution in [0.4, 0.5) is 11.4 Å². The zero-order valence-corrected chi connectivity index (χ0v) is 12.5. The summed E-state index contributed by atoms with van der Waals surface area (Å²) in [5.41, 5.74) is 7.66. The van der Waals surface area contributed by atoms with Crippen molar-refractivity contribution in [3.05, 3.63) is 23.8 Å². The number of carbonyl (C=O) groups excluding carboxylic acids is 1. The molecule has 0 saturated heterocycles. The van der Waals surface area contributed by atoms with E-state index in [-0.39, 0.29) is 5.97 Å². The minimum Gasteiger partial charge on any atom is -0.465 e. The van der Waals surface area contributed by atoms with Crippen LogP contribution in [-0.4, -0.2) is 19.1 Å². The van der Waals surface area contributed by atoms with Gasteiger partial charge in [-0.1, -0.05) is 13.8 Å². The van der Waals surface area contributed by atoms with Gasteiger partial charge in [0.25, 0.3) is 0 Å². The van der Waals surface area contributed by atoms with Crippen LogP contribution in [0.15, 0.2) is 18.2 Å². The molecule has 4 nitrogen and oxygen atoms in total. The zero-order chi connectivity index (χ0) is 14.7. The molecule has 1 fully saturated rings. The molecule has 1 aliphatic rings. The van der Waals surface area contributed by atoms with Crippen LogP contribution >= 0.6 is 0 Å². The van der Waals surface area contributed by atoms with Crippen molar-refractivity contribution in [2.24, 2.45) is 11.8 Å².